The van der Waals surface area contributed by atoms with Gasteiger partial charge in [-0.05, 0) is 35.9 Å². The molecule has 0 aliphatic carbocycles. The van der Waals surface area contributed by atoms with Crippen LogP contribution >= 0.6 is 15.9 Å². The molecule has 0 bridgehead atoms. The van der Waals surface area contributed by atoms with Crippen molar-refractivity contribution in [3.63, 3.8) is 0 Å². The molecule has 0 saturated carbocycles. The summed E-state index contributed by atoms with van der Waals surface area (Å²) in [6, 6.07) is 11.1. The third-order valence-electron chi connectivity index (χ3n) is 3.13. The predicted molar refractivity (Wildman–Crippen MR) is 89.2 cm³/mol. The molecule has 0 heterocycles. The fraction of sp³-hybridized carbons (Fsp3) is 0.176. The maximum Gasteiger partial charge on any atom is 0.341 e. The van der Waals surface area contributed by atoms with Gasteiger partial charge in [-0.15, -0.1) is 0 Å². The van der Waals surface area contributed by atoms with Crippen molar-refractivity contribution in [3.8, 4) is 5.75 Å². The molecule has 2 rings (SSSR count). The van der Waals surface area contributed by atoms with Gasteiger partial charge in [-0.1, -0.05) is 28.1 Å². The number of nitrogens with one attached hydrogen (secondary N) is 1. The minimum atomic E-state index is -0.889. The molecule has 24 heavy (non-hydrogen) atoms. The molecule has 0 aliphatic heterocycles. The maximum absolute atomic E-state index is 13.6. The fourth-order valence-corrected chi connectivity index (χ4v) is 2.19. The summed E-state index contributed by atoms with van der Waals surface area (Å²) in [4.78, 5) is 23.5. The van der Waals surface area contributed by atoms with Gasteiger partial charge in [-0.3, -0.25) is 4.79 Å². The van der Waals surface area contributed by atoms with Crippen LogP contribution in [-0.4, -0.2) is 25.6 Å². The number of benzene rings is 2. The summed E-state index contributed by atoms with van der Waals surface area (Å²) in [6.07, 6.45) is 0. The molecule has 0 saturated heterocycles. The Bertz CT molecular complexity index is 734. The van der Waals surface area contributed by atoms with Crippen LogP contribution in [0.5, 0.6) is 5.75 Å². The number of carbonyl (C=O) groups is 2. The highest BCUT2D eigenvalue weighted by atomic mass is 79.9. The number of methoxy groups -OCH3 is 1. The summed E-state index contributed by atoms with van der Waals surface area (Å²) in [7, 11) is 1.57. The zero-order chi connectivity index (χ0) is 17.5. The van der Waals surface area contributed by atoms with E-state index in [4.69, 9.17) is 9.47 Å². The van der Waals surface area contributed by atoms with Gasteiger partial charge in [0.15, 0.2) is 6.61 Å². The van der Waals surface area contributed by atoms with Crippen LogP contribution in [0.25, 0.3) is 0 Å². The summed E-state index contributed by atoms with van der Waals surface area (Å²) in [5, 5.41) is 2.61. The quantitative estimate of drug-likeness (QED) is 0.763. The largest absolute Gasteiger partial charge is 0.497 e. The van der Waals surface area contributed by atoms with Crippen molar-refractivity contribution in [2.45, 2.75) is 6.54 Å². The highest BCUT2D eigenvalue weighted by Gasteiger charge is 2.15. The molecule has 126 valence electrons. The van der Waals surface area contributed by atoms with E-state index in [0.717, 1.165) is 17.4 Å². The number of amides is 1. The molecule has 1 amide bonds. The number of hydrogen-bond acceptors (Lipinski definition) is 4. The Morgan fingerprint density at radius 2 is 1.88 bits per heavy atom. The topological polar surface area (TPSA) is 64.6 Å². The van der Waals surface area contributed by atoms with Crippen LogP contribution in [0.1, 0.15) is 15.9 Å². The molecule has 0 aromatic heterocycles. The van der Waals surface area contributed by atoms with E-state index in [9.17, 15) is 14.0 Å². The molecule has 2 aromatic carbocycles. The molecule has 2 aromatic rings. The molecule has 0 aliphatic rings. The van der Waals surface area contributed by atoms with Crippen LogP contribution in [0.3, 0.4) is 0 Å². The smallest absolute Gasteiger partial charge is 0.341 e. The second-order valence-electron chi connectivity index (χ2n) is 4.83. The van der Waals surface area contributed by atoms with Gasteiger partial charge in [0, 0.05) is 11.0 Å². The summed E-state index contributed by atoms with van der Waals surface area (Å²) in [6.45, 7) is -0.197. The van der Waals surface area contributed by atoms with Gasteiger partial charge < -0.3 is 14.8 Å². The maximum atomic E-state index is 13.6. The van der Waals surface area contributed by atoms with Crippen molar-refractivity contribution in [2.75, 3.05) is 13.7 Å². The minimum absolute atomic E-state index is 0.221. The zero-order valence-corrected chi connectivity index (χ0v) is 14.4. The van der Waals surface area contributed by atoms with Crippen molar-refractivity contribution in [1.29, 1.82) is 0 Å². The van der Waals surface area contributed by atoms with E-state index in [-0.39, 0.29) is 12.1 Å². The average Bonchev–Trinajstić information content (AvgIpc) is 2.58. The summed E-state index contributed by atoms with van der Waals surface area (Å²) < 4.78 is 24.0. The first kappa shape index (κ1) is 17.9. The lowest BCUT2D eigenvalue weighted by atomic mass is 10.2. The second-order valence-corrected chi connectivity index (χ2v) is 5.74. The molecular formula is C17H15BrFNO4. The molecule has 0 atom stereocenters. The number of rotatable bonds is 6. The van der Waals surface area contributed by atoms with E-state index in [1.54, 1.807) is 19.2 Å². The minimum Gasteiger partial charge on any atom is -0.497 e. The highest BCUT2D eigenvalue weighted by Crippen LogP contribution is 2.16. The van der Waals surface area contributed by atoms with Crippen molar-refractivity contribution in [3.05, 3.63) is 63.9 Å². The van der Waals surface area contributed by atoms with Gasteiger partial charge in [-0.2, -0.15) is 0 Å². The fourth-order valence-electron chi connectivity index (χ4n) is 1.86. The molecule has 7 heteroatoms. The Morgan fingerprint density at radius 3 is 2.50 bits per heavy atom. The molecule has 1 N–H and O–H groups in total. The van der Waals surface area contributed by atoms with E-state index < -0.39 is 24.3 Å². The Balaban J connectivity index is 1.80. The molecular weight excluding hydrogens is 381 g/mol. The van der Waals surface area contributed by atoms with Crippen LogP contribution in [0.4, 0.5) is 4.39 Å². The molecule has 5 nitrogen and oxygen atoms in total. The first-order valence-corrected chi connectivity index (χ1v) is 7.80. The Hall–Kier alpha value is -2.41. The van der Waals surface area contributed by atoms with Crippen molar-refractivity contribution in [2.24, 2.45) is 0 Å². The van der Waals surface area contributed by atoms with E-state index in [1.165, 1.54) is 12.1 Å². The first-order chi connectivity index (χ1) is 11.5. The lowest BCUT2D eigenvalue weighted by Gasteiger charge is -2.08. The molecule has 0 radical (unpaired) electrons. The third kappa shape index (κ3) is 5.06. The second kappa shape index (κ2) is 8.44. The van der Waals surface area contributed by atoms with Crippen LogP contribution in [0.15, 0.2) is 46.9 Å². The van der Waals surface area contributed by atoms with Crippen molar-refractivity contribution in [1.82, 2.24) is 5.32 Å². The normalized spacial score (nSPS) is 10.1. The Labute approximate surface area is 146 Å². The van der Waals surface area contributed by atoms with Crippen LogP contribution in [0, 0.1) is 5.82 Å². The monoisotopic (exact) mass is 395 g/mol. The molecule has 0 fully saturated rings. The van der Waals surface area contributed by atoms with Gasteiger partial charge in [0.2, 0.25) is 0 Å². The van der Waals surface area contributed by atoms with E-state index >= 15 is 0 Å². The van der Waals surface area contributed by atoms with Crippen LogP contribution in [-0.2, 0) is 16.1 Å². The van der Waals surface area contributed by atoms with Crippen LogP contribution < -0.4 is 10.1 Å². The molecule has 0 spiro atoms. The number of hydrogen-bond donors (Lipinski definition) is 1. The van der Waals surface area contributed by atoms with E-state index in [0.29, 0.717) is 4.47 Å². The summed E-state index contributed by atoms with van der Waals surface area (Å²) >= 11 is 3.10. The number of esters is 1. The predicted octanol–water partition coefficient (Wildman–Crippen LogP) is 3.07. The third-order valence-corrected chi connectivity index (χ3v) is 3.63. The van der Waals surface area contributed by atoms with Crippen molar-refractivity contribution >= 4 is 27.8 Å². The summed E-state index contributed by atoms with van der Waals surface area (Å²) in [5.74, 6) is -1.36. The van der Waals surface area contributed by atoms with E-state index in [2.05, 4.69) is 21.2 Å². The van der Waals surface area contributed by atoms with Gasteiger partial charge >= 0.3 is 5.97 Å². The highest BCUT2D eigenvalue weighted by molar-refractivity contribution is 9.10. The zero-order valence-electron chi connectivity index (χ0n) is 12.8. The van der Waals surface area contributed by atoms with Gasteiger partial charge in [0.05, 0.1) is 12.7 Å². The first-order valence-electron chi connectivity index (χ1n) is 7.01. The SMILES string of the molecule is COc1ccc(CNC(=O)COC(=O)c2ccc(Br)cc2F)cc1. The van der Waals surface area contributed by atoms with Crippen molar-refractivity contribution < 1.29 is 23.5 Å². The van der Waals surface area contributed by atoms with Crippen LogP contribution in [0.2, 0.25) is 0 Å². The molecule has 0 unspecified atom stereocenters. The number of halogens is 2. The summed E-state index contributed by atoms with van der Waals surface area (Å²) in [5.41, 5.74) is 0.649. The lowest BCUT2D eigenvalue weighted by Crippen LogP contribution is -2.28. The van der Waals surface area contributed by atoms with Gasteiger partial charge in [0.1, 0.15) is 11.6 Å². The van der Waals surface area contributed by atoms with Gasteiger partial charge in [0.25, 0.3) is 5.91 Å². The Morgan fingerprint density at radius 1 is 1.17 bits per heavy atom. The number of ether oxygens (including phenoxy) is 2. The Kier molecular flexibility index (Phi) is 6.31. The number of carbonyl (C=O) groups excluding carboxylic acids is 2. The van der Waals surface area contributed by atoms with Gasteiger partial charge in [-0.25, -0.2) is 9.18 Å². The van der Waals surface area contributed by atoms with E-state index in [1.807, 2.05) is 12.1 Å². The standard InChI is InChI=1S/C17H15BrFNO4/c1-23-13-5-2-11(3-6-13)9-20-16(21)10-24-17(22)14-7-4-12(18)8-15(14)19/h2-8H,9-10H2,1H3,(H,20,21). The lowest BCUT2D eigenvalue weighted by molar-refractivity contribution is -0.124. The average molecular weight is 396 g/mol.